The van der Waals surface area contributed by atoms with E-state index in [4.69, 9.17) is 0 Å². The Bertz CT molecular complexity index is 1250. The fraction of sp³-hybridized carbons (Fsp3) is 0.208. The van der Waals surface area contributed by atoms with Gasteiger partial charge in [0, 0.05) is 37.8 Å². The largest absolute Gasteiger partial charge is 0.352 e. The average Bonchev–Trinajstić information content (AvgIpc) is 2.84. The minimum Gasteiger partial charge on any atom is -0.352 e. The highest BCUT2D eigenvalue weighted by molar-refractivity contribution is 5.95. The summed E-state index contributed by atoms with van der Waals surface area (Å²) in [5.74, 6) is 2.14. The van der Waals surface area contributed by atoms with Gasteiger partial charge in [0.1, 0.15) is 11.5 Å². The van der Waals surface area contributed by atoms with Crippen molar-refractivity contribution >= 4 is 34.3 Å². The molecule has 0 radical (unpaired) electrons. The Morgan fingerprint density at radius 1 is 0.906 bits per heavy atom. The molecule has 8 nitrogen and oxygen atoms in total. The van der Waals surface area contributed by atoms with Gasteiger partial charge >= 0.3 is 0 Å². The van der Waals surface area contributed by atoms with Crippen LogP contribution >= 0.6 is 0 Å². The van der Waals surface area contributed by atoms with Crippen LogP contribution in [-0.4, -0.2) is 57.2 Å². The second kappa shape index (κ2) is 8.58. The molecule has 1 N–H and O–H groups in total. The SMILES string of the molecule is Cc1ccnc(Nc2ccc(N3CCN(C(=O)c4ccc5ccccc5n4)CC3)nn2)c1. The van der Waals surface area contributed by atoms with Gasteiger partial charge in [0.2, 0.25) is 0 Å². The number of carbonyl (C=O) groups is 1. The molecule has 8 heteroatoms. The van der Waals surface area contributed by atoms with Gasteiger partial charge in [-0.15, -0.1) is 10.2 Å². The van der Waals surface area contributed by atoms with E-state index in [2.05, 4.69) is 30.4 Å². The van der Waals surface area contributed by atoms with Crippen LogP contribution < -0.4 is 10.2 Å². The van der Waals surface area contributed by atoms with Crippen molar-refractivity contribution in [2.24, 2.45) is 0 Å². The number of aromatic nitrogens is 4. The molecule has 0 atom stereocenters. The molecule has 1 aliphatic heterocycles. The van der Waals surface area contributed by atoms with Gasteiger partial charge < -0.3 is 15.1 Å². The number of aryl methyl sites for hydroxylation is 1. The highest BCUT2D eigenvalue weighted by atomic mass is 16.2. The number of fused-ring (bicyclic) bond motifs is 1. The number of amides is 1. The summed E-state index contributed by atoms with van der Waals surface area (Å²) >= 11 is 0. The highest BCUT2D eigenvalue weighted by Crippen LogP contribution is 2.18. The Hall–Kier alpha value is -4.07. The third-order valence-corrected chi connectivity index (χ3v) is 5.53. The number of hydrogen-bond donors (Lipinski definition) is 1. The molecular weight excluding hydrogens is 402 g/mol. The van der Waals surface area contributed by atoms with E-state index in [1.54, 1.807) is 12.3 Å². The molecule has 0 saturated carbocycles. The van der Waals surface area contributed by atoms with Crippen molar-refractivity contribution in [1.82, 2.24) is 25.1 Å². The molecule has 1 fully saturated rings. The van der Waals surface area contributed by atoms with Gasteiger partial charge in [-0.1, -0.05) is 24.3 Å². The third kappa shape index (κ3) is 4.20. The van der Waals surface area contributed by atoms with E-state index in [0.717, 1.165) is 28.1 Å². The first kappa shape index (κ1) is 19.9. The van der Waals surface area contributed by atoms with E-state index in [9.17, 15) is 4.79 Å². The first-order chi connectivity index (χ1) is 15.7. The molecule has 1 saturated heterocycles. The molecule has 0 unspecified atom stereocenters. The van der Waals surface area contributed by atoms with Gasteiger partial charge in [-0.3, -0.25) is 4.79 Å². The van der Waals surface area contributed by atoms with Gasteiger partial charge in [-0.2, -0.15) is 0 Å². The average molecular weight is 425 g/mol. The van der Waals surface area contributed by atoms with Crippen LogP contribution in [-0.2, 0) is 0 Å². The van der Waals surface area contributed by atoms with Crippen LogP contribution in [0.3, 0.4) is 0 Å². The molecule has 0 bridgehead atoms. The van der Waals surface area contributed by atoms with Crippen LogP contribution in [0.4, 0.5) is 17.5 Å². The summed E-state index contributed by atoms with van der Waals surface area (Å²) in [6.45, 7) is 4.63. The molecule has 4 aromatic rings. The number of piperazine rings is 1. The zero-order valence-corrected chi connectivity index (χ0v) is 17.8. The number of carbonyl (C=O) groups excluding carboxylic acids is 1. The maximum Gasteiger partial charge on any atom is 0.272 e. The monoisotopic (exact) mass is 425 g/mol. The summed E-state index contributed by atoms with van der Waals surface area (Å²) in [5, 5.41) is 12.8. The zero-order valence-electron chi connectivity index (χ0n) is 17.8. The molecular formula is C24H23N7O. The Labute approximate surface area is 185 Å². The van der Waals surface area contributed by atoms with Crippen LogP contribution in [0.2, 0.25) is 0 Å². The van der Waals surface area contributed by atoms with Crippen molar-refractivity contribution in [2.45, 2.75) is 6.92 Å². The minimum atomic E-state index is -0.0355. The lowest BCUT2D eigenvalue weighted by Crippen LogP contribution is -2.49. The van der Waals surface area contributed by atoms with Crippen molar-refractivity contribution in [3.63, 3.8) is 0 Å². The molecule has 1 amide bonds. The van der Waals surface area contributed by atoms with Gasteiger partial charge in [-0.25, -0.2) is 9.97 Å². The number of hydrogen-bond acceptors (Lipinski definition) is 7. The molecule has 5 rings (SSSR count). The number of anilines is 3. The summed E-state index contributed by atoms with van der Waals surface area (Å²) in [5.41, 5.74) is 2.44. The Morgan fingerprint density at radius 3 is 2.53 bits per heavy atom. The third-order valence-electron chi connectivity index (χ3n) is 5.53. The maximum atomic E-state index is 12.9. The number of para-hydroxylation sites is 1. The van der Waals surface area contributed by atoms with Crippen molar-refractivity contribution in [2.75, 3.05) is 36.4 Å². The predicted molar refractivity (Wildman–Crippen MR) is 124 cm³/mol. The minimum absolute atomic E-state index is 0.0355. The van der Waals surface area contributed by atoms with Gasteiger partial charge in [0.05, 0.1) is 5.52 Å². The summed E-state index contributed by atoms with van der Waals surface area (Å²) in [6, 6.07) is 19.3. The van der Waals surface area contributed by atoms with E-state index in [0.29, 0.717) is 37.7 Å². The number of nitrogens with one attached hydrogen (secondary N) is 1. The zero-order chi connectivity index (χ0) is 21.9. The molecule has 3 aromatic heterocycles. The number of rotatable bonds is 4. The lowest BCUT2D eigenvalue weighted by atomic mass is 10.2. The van der Waals surface area contributed by atoms with Crippen LogP contribution in [0.1, 0.15) is 16.1 Å². The Kier molecular flexibility index (Phi) is 5.33. The molecule has 160 valence electrons. The standard InChI is InChI=1S/C24H23N7O/c1-17-10-11-25-22(16-17)27-21-8-9-23(29-28-21)30-12-14-31(15-13-30)24(32)20-7-6-18-4-2-3-5-19(18)26-20/h2-11,16H,12-15H2,1H3,(H,25,27,28). The maximum absolute atomic E-state index is 12.9. The molecule has 1 aromatic carbocycles. The van der Waals surface area contributed by atoms with Gasteiger partial charge in [0.25, 0.3) is 5.91 Å². The quantitative estimate of drug-likeness (QED) is 0.536. The molecule has 0 spiro atoms. The predicted octanol–water partition coefficient (Wildman–Crippen LogP) is 3.43. The second-order valence-corrected chi connectivity index (χ2v) is 7.79. The van der Waals surface area contributed by atoms with Crippen LogP contribution in [0.5, 0.6) is 0 Å². The van der Waals surface area contributed by atoms with Crippen LogP contribution in [0.25, 0.3) is 10.9 Å². The second-order valence-electron chi connectivity index (χ2n) is 7.79. The Morgan fingerprint density at radius 2 is 1.75 bits per heavy atom. The normalized spacial score (nSPS) is 13.9. The van der Waals surface area contributed by atoms with Gasteiger partial charge in [-0.05, 0) is 48.9 Å². The first-order valence-corrected chi connectivity index (χ1v) is 10.6. The van der Waals surface area contributed by atoms with E-state index < -0.39 is 0 Å². The first-order valence-electron chi connectivity index (χ1n) is 10.6. The molecule has 0 aliphatic carbocycles. The summed E-state index contributed by atoms with van der Waals surface area (Å²) in [6.07, 6.45) is 1.76. The fourth-order valence-corrected chi connectivity index (χ4v) is 3.78. The van der Waals surface area contributed by atoms with Crippen LogP contribution in [0.15, 0.2) is 66.9 Å². The van der Waals surface area contributed by atoms with Crippen molar-refractivity contribution in [3.8, 4) is 0 Å². The van der Waals surface area contributed by atoms with E-state index in [-0.39, 0.29) is 5.91 Å². The highest BCUT2D eigenvalue weighted by Gasteiger charge is 2.24. The molecule has 32 heavy (non-hydrogen) atoms. The fourth-order valence-electron chi connectivity index (χ4n) is 3.78. The number of pyridine rings is 2. The van der Waals surface area contributed by atoms with E-state index in [1.165, 1.54) is 0 Å². The lowest BCUT2D eigenvalue weighted by Gasteiger charge is -2.35. The van der Waals surface area contributed by atoms with Crippen LogP contribution in [0, 0.1) is 6.92 Å². The summed E-state index contributed by atoms with van der Waals surface area (Å²) in [7, 11) is 0. The van der Waals surface area contributed by atoms with Crippen molar-refractivity contribution < 1.29 is 4.79 Å². The summed E-state index contributed by atoms with van der Waals surface area (Å²) < 4.78 is 0. The van der Waals surface area contributed by atoms with Crippen molar-refractivity contribution in [1.29, 1.82) is 0 Å². The van der Waals surface area contributed by atoms with Crippen molar-refractivity contribution in [3.05, 3.63) is 78.1 Å². The summed E-state index contributed by atoms with van der Waals surface area (Å²) in [4.78, 5) is 25.7. The number of benzene rings is 1. The topological polar surface area (TPSA) is 87.1 Å². The van der Waals surface area contributed by atoms with E-state index in [1.807, 2.05) is 66.4 Å². The molecule has 1 aliphatic rings. The van der Waals surface area contributed by atoms with Gasteiger partial charge in [0.15, 0.2) is 11.6 Å². The smallest absolute Gasteiger partial charge is 0.272 e. The van der Waals surface area contributed by atoms with E-state index >= 15 is 0 Å². The Balaban J connectivity index is 1.20. The lowest BCUT2D eigenvalue weighted by molar-refractivity contribution is 0.0741. The molecule has 4 heterocycles. The number of nitrogens with zero attached hydrogens (tertiary/aromatic N) is 6.